The van der Waals surface area contributed by atoms with E-state index in [1.807, 2.05) is 14.1 Å². The minimum absolute atomic E-state index is 0. The zero-order valence-electron chi connectivity index (χ0n) is 14.3. The zero-order chi connectivity index (χ0) is 18.7. The molecule has 0 heterocycles. The van der Waals surface area contributed by atoms with Crippen LogP contribution in [0.4, 0.5) is 0 Å². The van der Waals surface area contributed by atoms with Gasteiger partial charge in [-0.3, -0.25) is 4.55 Å². The molecule has 0 aromatic heterocycles. The molecule has 0 amide bonds. The van der Waals surface area contributed by atoms with Gasteiger partial charge in [-0.25, -0.2) is 9.59 Å². The second-order valence-corrected chi connectivity index (χ2v) is 7.05. The van der Waals surface area contributed by atoms with Gasteiger partial charge in [-0.1, -0.05) is 13.2 Å². The standard InChI is InChI=1S/C11H21NO5S.C3H4O2.K.H2O.H/c1-10(2)11(13)17-8-7-12(3,4)6-5-9-18(14,15)16;1-2-3(4)5;;;/h1,5-9H2,2-4H3;2H,1H2,(H,4,5);;1H2;/p+1. The van der Waals surface area contributed by atoms with E-state index < -0.39 is 22.1 Å². The maximum atomic E-state index is 11.1. The van der Waals surface area contributed by atoms with Gasteiger partial charge in [0.1, 0.15) is 13.2 Å². The summed E-state index contributed by atoms with van der Waals surface area (Å²) < 4.78 is 35.2. The molecule has 0 aromatic carbocycles. The van der Waals surface area contributed by atoms with Gasteiger partial charge in [-0.2, -0.15) is 8.42 Å². The molecule has 0 bridgehead atoms. The summed E-state index contributed by atoms with van der Waals surface area (Å²) in [4.78, 5) is 20.4. The second kappa shape index (κ2) is 16.1. The van der Waals surface area contributed by atoms with Crippen molar-refractivity contribution in [3.63, 3.8) is 0 Å². The molecule has 0 aliphatic heterocycles. The summed E-state index contributed by atoms with van der Waals surface area (Å²) >= 11 is 0. The van der Waals surface area contributed by atoms with Gasteiger partial charge in [-0.05, 0) is 6.92 Å². The molecule has 0 spiro atoms. The number of rotatable bonds is 9. The molecule has 0 rings (SSSR count). The topological polar surface area (TPSA) is 149 Å². The summed E-state index contributed by atoms with van der Waals surface area (Å²) in [6.07, 6.45) is 1.19. The van der Waals surface area contributed by atoms with Crippen molar-refractivity contribution in [2.45, 2.75) is 13.3 Å². The van der Waals surface area contributed by atoms with Crippen molar-refractivity contribution in [1.29, 1.82) is 0 Å². The van der Waals surface area contributed by atoms with Crippen molar-refractivity contribution in [3.8, 4) is 0 Å². The molecular weight excluding hydrogens is 381 g/mol. The summed E-state index contributed by atoms with van der Waals surface area (Å²) in [6.45, 7) is 9.41. The number of ether oxygens (including phenoxy) is 1. The quantitative estimate of drug-likeness (QED) is 0.167. The molecule has 144 valence electrons. The molecule has 11 heteroatoms. The fraction of sp³-hybridized carbons (Fsp3) is 0.571. The minimum atomic E-state index is -3.90. The van der Waals surface area contributed by atoms with Crippen LogP contribution >= 0.6 is 0 Å². The van der Waals surface area contributed by atoms with Crippen molar-refractivity contribution in [1.82, 2.24) is 0 Å². The number of carboxylic acid groups (broad SMARTS) is 1. The van der Waals surface area contributed by atoms with Crippen LogP contribution in [0.25, 0.3) is 0 Å². The Morgan fingerprint density at radius 1 is 1.24 bits per heavy atom. The molecule has 0 fully saturated rings. The molecule has 0 saturated heterocycles. The van der Waals surface area contributed by atoms with E-state index in [1.165, 1.54) is 0 Å². The summed E-state index contributed by atoms with van der Waals surface area (Å²) in [5.41, 5.74) is 0.353. The Kier molecular flexibility index (Phi) is 20.9. The molecule has 0 aliphatic rings. The SMILES string of the molecule is C=C(C)C(=O)OCC[N+](C)(C)CCCS(=O)(=O)O.C=CC(=O)O.O.[KH]. The molecule has 0 saturated carbocycles. The van der Waals surface area contributed by atoms with E-state index in [2.05, 4.69) is 13.2 Å². The van der Waals surface area contributed by atoms with Crippen molar-refractivity contribution in [2.24, 2.45) is 0 Å². The molecule has 0 aliphatic carbocycles. The van der Waals surface area contributed by atoms with Gasteiger partial charge >= 0.3 is 63.3 Å². The number of hydrogen-bond acceptors (Lipinski definition) is 5. The predicted octanol–water partition coefficient (Wildman–Crippen LogP) is -0.756. The average molecular weight is 411 g/mol. The van der Waals surface area contributed by atoms with Crippen molar-refractivity contribution in [3.05, 3.63) is 24.8 Å². The number of aliphatic carboxylic acids is 1. The Labute approximate surface area is 191 Å². The number of carboxylic acids is 1. The monoisotopic (exact) mass is 410 g/mol. The van der Waals surface area contributed by atoms with Gasteiger partial charge in [0.25, 0.3) is 10.1 Å². The number of likely N-dealkylation sites (N-methyl/N-ethyl adjacent to an activating group) is 1. The number of nitrogens with zero attached hydrogens (tertiary/aromatic N) is 1. The molecular formula is C14H29KNO8S+. The predicted molar refractivity (Wildman–Crippen MR) is 97.2 cm³/mol. The van der Waals surface area contributed by atoms with Crippen LogP contribution in [-0.4, -0.2) is 131 Å². The van der Waals surface area contributed by atoms with E-state index in [-0.39, 0.29) is 69.2 Å². The normalized spacial score (nSPS) is 10.1. The second-order valence-electron chi connectivity index (χ2n) is 5.48. The van der Waals surface area contributed by atoms with Gasteiger partial charge in [0.15, 0.2) is 0 Å². The number of carbonyl (C=O) groups excluding carboxylic acids is 1. The fourth-order valence-corrected chi connectivity index (χ4v) is 1.79. The fourth-order valence-electron chi connectivity index (χ4n) is 1.30. The van der Waals surface area contributed by atoms with Crippen molar-refractivity contribution in [2.75, 3.05) is 39.5 Å². The Bertz CT molecular complexity index is 531. The summed E-state index contributed by atoms with van der Waals surface area (Å²) in [5.74, 6) is -1.65. The van der Waals surface area contributed by atoms with Gasteiger partial charge < -0.3 is 19.8 Å². The van der Waals surface area contributed by atoms with Crippen LogP contribution in [0.1, 0.15) is 13.3 Å². The molecule has 9 nitrogen and oxygen atoms in total. The van der Waals surface area contributed by atoms with Gasteiger partial charge in [-0.15, -0.1) is 0 Å². The van der Waals surface area contributed by atoms with E-state index in [1.54, 1.807) is 6.92 Å². The van der Waals surface area contributed by atoms with E-state index in [4.69, 9.17) is 14.4 Å². The van der Waals surface area contributed by atoms with Crippen molar-refractivity contribution >= 4 is 73.4 Å². The summed E-state index contributed by atoms with van der Waals surface area (Å²) in [7, 11) is -0.0959. The number of hydrogen-bond donors (Lipinski definition) is 2. The summed E-state index contributed by atoms with van der Waals surface area (Å²) in [6, 6.07) is 0. The first-order valence-electron chi connectivity index (χ1n) is 6.76. The van der Waals surface area contributed by atoms with Crippen LogP contribution in [0.3, 0.4) is 0 Å². The first-order valence-corrected chi connectivity index (χ1v) is 8.37. The Balaban J connectivity index is -0.000000276. The van der Waals surface area contributed by atoms with E-state index in [0.29, 0.717) is 29.6 Å². The Morgan fingerprint density at radius 2 is 1.68 bits per heavy atom. The third kappa shape index (κ3) is 26.2. The van der Waals surface area contributed by atoms with Gasteiger partial charge in [0.05, 0.1) is 26.4 Å². The van der Waals surface area contributed by atoms with Crippen LogP contribution < -0.4 is 0 Å². The van der Waals surface area contributed by atoms with Crippen LogP contribution in [0, 0.1) is 0 Å². The Hall–Kier alpha value is -0.114. The van der Waals surface area contributed by atoms with Crippen LogP contribution in [-0.2, 0) is 24.4 Å². The number of quaternary nitrogens is 1. The van der Waals surface area contributed by atoms with Crippen LogP contribution in [0.5, 0.6) is 0 Å². The number of carbonyl (C=O) groups is 2. The molecule has 25 heavy (non-hydrogen) atoms. The molecule has 0 radical (unpaired) electrons. The van der Waals surface area contributed by atoms with Gasteiger partial charge in [0.2, 0.25) is 0 Å². The van der Waals surface area contributed by atoms with E-state index in [9.17, 15) is 18.0 Å². The average Bonchev–Trinajstić information content (AvgIpc) is 2.36. The summed E-state index contributed by atoms with van der Waals surface area (Å²) in [5, 5.41) is 7.60. The Morgan fingerprint density at radius 3 is 2.00 bits per heavy atom. The first-order chi connectivity index (χ1) is 10.3. The van der Waals surface area contributed by atoms with E-state index >= 15 is 0 Å². The third-order valence-electron chi connectivity index (χ3n) is 2.62. The first kappa shape index (κ1) is 32.5. The zero-order valence-corrected chi connectivity index (χ0v) is 15.1. The van der Waals surface area contributed by atoms with E-state index in [0.717, 1.165) is 6.08 Å². The van der Waals surface area contributed by atoms with Crippen molar-refractivity contribution < 1.29 is 42.4 Å². The maximum absolute atomic E-state index is 11.1. The third-order valence-corrected chi connectivity index (χ3v) is 3.42. The molecule has 0 aromatic rings. The molecule has 4 N–H and O–H groups in total. The molecule has 0 unspecified atom stereocenters. The van der Waals surface area contributed by atoms with Gasteiger partial charge in [0, 0.05) is 18.1 Å². The van der Waals surface area contributed by atoms with Crippen LogP contribution in [0.15, 0.2) is 24.8 Å². The molecule has 0 atom stereocenters. The van der Waals surface area contributed by atoms with Crippen LogP contribution in [0.2, 0.25) is 0 Å². The number of esters is 1.